The molecule has 1 aromatic heterocycles. The zero-order valence-electron chi connectivity index (χ0n) is 10.5. The first kappa shape index (κ1) is 15.8. The van der Waals surface area contributed by atoms with Gasteiger partial charge < -0.3 is 15.5 Å². The van der Waals surface area contributed by atoms with Crippen LogP contribution >= 0.6 is 23.1 Å². The number of thioether (sulfide) groups is 1. The lowest BCUT2D eigenvalue weighted by Gasteiger charge is -2.21. The smallest absolute Gasteiger partial charge is 0.338 e. The monoisotopic (exact) mass is 304 g/mol. The van der Waals surface area contributed by atoms with Crippen LogP contribution in [0.1, 0.15) is 17.3 Å². The van der Waals surface area contributed by atoms with Crippen molar-refractivity contribution in [3.05, 3.63) is 17.0 Å². The van der Waals surface area contributed by atoms with Crippen molar-refractivity contribution in [2.24, 2.45) is 0 Å². The van der Waals surface area contributed by atoms with E-state index in [0.717, 1.165) is 11.3 Å². The standard InChI is InChI=1S/C11H16N2O4S2/c1-6(8(5-14)18-2)12-11(17)13-9-7(10(15)16)3-4-19-9/h3-4,6,8,14H,5H2,1-2H3,(H,15,16)(H2,12,13,17). The topological polar surface area (TPSA) is 98.7 Å². The third kappa shape index (κ3) is 4.41. The molecular weight excluding hydrogens is 288 g/mol. The zero-order valence-corrected chi connectivity index (χ0v) is 12.2. The van der Waals surface area contributed by atoms with Gasteiger partial charge in [-0.2, -0.15) is 11.8 Å². The Morgan fingerprint density at radius 2 is 2.21 bits per heavy atom. The molecular formula is C11H16N2O4S2. The molecule has 8 heteroatoms. The van der Waals surface area contributed by atoms with E-state index in [1.807, 2.05) is 6.26 Å². The van der Waals surface area contributed by atoms with Crippen molar-refractivity contribution in [2.45, 2.75) is 18.2 Å². The lowest BCUT2D eigenvalue weighted by molar-refractivity contribution is 0.0698. The maximum Gasteiger partial charge on any atom is 0.338 e. The van der Waals surface area contributed by atoms with Crippen LogP contribution < -0.4 is 10.6 Å². The van der Waals surface area contributed by atoms with E-state index < -0.39 is 12.0 Å². The molecule has 0 saturated heterocycles. The van der Waals surface area contributed by atoms with E-state index in [-0.39, 0.29) is 23.5 Å². The molecule has 0 fully saturated rings. The number of nitrogens with one attached hydrogen (secondary N) is 2. The average Bonchev–Trinajstić information content (AvgIpc) is 2.78. The Labute approximate surface area is 119 Å². The van der Waals surface area contributed by atoms with Crippen LogP contribution in [0.15, 0.2) is 11.4 Å². The summed E-state index contributed by atoms with van der Waals surface area (Å²) < 4.78 is 0. The number of carboxylic acids is 1. The number of aliphatic hydroxyl groups is 1. The summed E-state index contributed by atoms with van der Waals surface area (Å²) in [5.41, 5.74) is 0.0661. The number of rotatable bonds is 6. The molecule has 19 heavy (non-hydrogen) atoms. The predicted molar refractivity (Wildman–Crippen MR) is 77.3 cm³/mol. The number of aliphatic hydroxyl groups excluding tert-OH is 1. The quantitative estimate of drug-likeness (QED) is 0.641. The highest BCUT2D eigenvalue weighted by Gasteiger charge is 2.19. The fourth-order valence-electron chi connectivity index (χ4n) is 1.45. The van der Waals surface area contributed by atoms with E-state index in [1.165, 1.54) is 17.8 Å². The molecule has 6 nitrogen and oxygen atoms in total. The second-order valence-corrected chi connectivity index (χ2v) is 5.81. The number of anilines is 1. The Kier molecular flexibility index (Phi) is 6.13. The summed E-state index contributed by atoms with van der Waals surface area (Å²) in [6, 6.07) is 0.725. The van der Waals surface area contributed by atoms with Crippen LogP contribution in [0.5, 0.6) is 0 Å². The molecule has 0 bridgehead atoms. The summed E-state index contributed by atoms with van der Waals surface area (Å²) in [6.45, 7) is 1.74. The summed E-state index contributed by atoms with van der Waals surface area (Å²) in [6.07, 6.45) is 1.85. The summed E-state index contributed by atoms with van der Waals surface area (Å²) in [4.78, 5) is 22.6. The van der Waals surface area contributed by atoms with Crippen LogP contribution in [-0.4, -0.2) is 46.4 Å². The number of carbonyl (C=O) groups excluding carboxylic acids is 1. The molecule has 2 amide bonds. The first-order valence-corrected chi connectivity index (χ1v) is 7.68. The van der Waals surface area contributed by atoms with E-state index in [2.05, 4.69) is 10.6 Å². The van der Waals surface area contributed by atoms with Gasteiger partial charge in [0.2, 0.25) is 0 Å². The number of thiophene rings is 1. The van der Waals surface area contributed by atoms with E-state index in [0.29, 0.717) is 5.00 Å². The van der Waals surface area contributed by atoms with E-state index in [4.69, 9.17) is 10.2 Å². The van der Waals surface area contributed by atoms with Crippen LogP contribution in [0, 0.1) is 0 Å². The van der Waals surface area contributed by atoms with Gasteiger partial charge in [-0.05, 0) is 24.6 Å². The normalized spacial score (nSPS) is 13.6. The number of carboxylic acid groups (broad SMARTS) is 1. The lowest BCUT2D eigenvalue weighted by atomic mass is 10.2. The van der Waals surface area contributed by atoms with Gasteiger partial charge in [0.05, 0.1) is 12.2 Å². The van der Waals surface area contributed by atoms with Gasteiger partial charge in [0.15, 0.2) is 0 Å². The molecule has 0 aliphatic heterocycles. The highest BCUT2D eigenvalue weighted by atomic mass is 32.2. The van der Waals surface area contributed by atoms with Gasteiger partial charge in [0.1, 0.15) is 5.00 Å². The van der Waals surface area contributed by atoms with E-state index >= 15 is 0 Å². The van der Waals surface area contributed by atoms with Crippen molar-refractivity contribution in [2.75, 3.05) is 18.2 Å². The molecule has 4 N–H and O–H groups in total. The molecule has 0 aliphatic carbocycles. The van der Waals surface area contributed by atoms with Gasteiger partial charge in [-0.25, -0.2) is 9.59 Å². The Balaban J connectivity index is 2.60. The van der Waals surface area contributed by atoms with Crippen molar-refractivity contribution in [3.63, 3.8) is 0 Å². The number of carbonyl (C=O) groups is 2. The third-order valence-electron chi connectivity index (χ3n) is 2.52. The number of amides is 2. The minimum Gasteiger partial charge on any atom is -0.478 e. The summed E-state index contributed by atoms with van der Waals surface area (Å²) in [5.74, 6) is -1.08. The summed E-state index contributed by atoms with van der Waals surface area (Å²) in [5, 5.41) is 25.0. The lowest BCUT2D eigenvalue weighted by Crippen LogP contribution is -2.43. The SMILES string of the molecule is CSC(CO)C(C)NC(=O)Nc1sccc1C(=O)O. The Hall–Kier alpha value is -1.25. The fourth-order valence-corrected chi connectivity index (χ4v) is 2.85. The third-order valence-corrected chi connectivity index (χ3v) is 4.51. The van der Waals surface area contributed by atoms with Gasteiger partial charge >= 0.3 is 12.0 Å². The summed E-state index contributed by atoms with van der Waals surface area (Å²) in [7, 11) is 0. The molecule has 0 aromatic carbocycles. The average molecular weight is 304 g/mol. The summed E-state index contributed by atoms with van der Waals surface area (Å²) >= 11 is 2.60. The fraction of sp³-hybridized carbons (Fsp3) is 0.455. The first-order valence-electron chi connectivity index (χ1n) is 5.51. The highest BCUT2D eigenvalue weighted by molar-refractivity contribution is 7.99. The second-order valence-electron chi connectivity index (χ2n) is 3.81. The molecule has 106 valence electrons. The maximum absolute atomic E-state index is 11.7. The van der Waals surface area contributed by atoms with Gasteiger partial charge in [-0.3, -0.25) is 5.32 Å². The van der Waals surface area contributed by atoms with Crippen LogP contribution in [0.3, 0.4) is 0 Å². The molecule has 2 unspecified atom stereocenters. The Morgan fingerprint density at radius 3 is 2.74 bits per heavy atom. The Morgan fingerprint density at radius 1 is 1.53 bits per heavy atom. The van der Waals surface area contributed by atoms with Crippen LogP contribution in [0.2, 0.25) is 0 Å². The second kappa shape index (κ2) is 7.37. The van der Waals surface area contributed by atoms with E-state index in [9.17, 15) is 9.59 Å². The van der Waals surface area contributed by atoms with Crippen molar-refractivity contribution < 1.29 is 19.8 Å². The highest BCUT2D eigenvalue weighted by Crippen LogP contribution is 2.23. The number of hydrogen-bond acceptors (Lipinski definition) is 5. The van der Waals surface area contributed by atoms with Gasteiger partial charge in [-0.1, -0.05) is 0 Å². The molecule has 0 spiro atoms. The predicted octanol–water partition coefficient (Wildman–Crippen LogP) is 1.68. The van der Waals surface area contributed by atoms with Crippen molar-refractivity contribution in [1.82, 2.24) is 5.32 Å². The van der Waals surface area contributed by atoms with Crippen LogP contribution in [0.25, 0.3) is 0 Å². The molecule has 1 aromatic rings. The van der Waals surface area contributed by atoms with Crippen LogP contribution in [-0.2, 0) is 0 Å². The van der Waals surface area contributed by atoms with E-state index in [1.54, 1.807) is 12.3 Å². The number of hydrogen-bond donors (Lipinski definition) is 4. The maximum atomic E-state index is 11.7. The molecule has 1 heterocycles. The van der Waals surface area contributed by atoms with Crippen molar-refractivity contribution in [3.8, 4) is 0 Å². The van der Waals surface area contributed by atoms with Crippen molar-refractivity contribution in [1.29, 1.82) is 0 Å². The molecule has 1 rings (SSSR count). The molecule has 0 aliphatic rings. The molecule has 0 saturated carbocycles. The van der Waals surface area contributed by atoms with Gasteiger partial charge in [0, 0.05) is 11.3 Å². The molecule has 0 radical (unpaired) electrons. The molecule has 2 atom stereocenters. The zero-order chi connectivity index (χ0) is 14.4. The van der Waals surface area contributed by atoms with Gasteiger partial charge in [0.25, 0.3) is 0 Å². The number of aromatic carboxylic acids is 1. The number of urea groups is 1. The van der Waals surface area contributed by atoms with Gasteiger partial charge in [-0.15, -0.1) is 11.3 Å². The van der Waals surface area contributed by atoms with Crippen molar-refractivity contribution >= 4 is 40.1 Å². The van der Waals surface area contributed by atoms with Crippen LogP contribution in [0.4, 0.5) is 9.80 Å². The minimum absolute atomic E-state index is 0.0397. The largest absolute Gasteiger partial charge is 0.478 e. The Bertz CT molecular complexity index is 446. The minimum atomic E-state index is -1.08. The first-order chi connectivity index (χ1) is 8.99.